The van der Waals surface area contributed by atoms with Crippen molar-refractivity contribution in [3.63, 3.8) is 0 Å². The Hall–Kier alpha value is -1.30. The van der Waals surface area contributed by atoms with Crippen LogP contribution in [0, 0.1) is 5.92 Å². The van der Waals surface area contributed by atoms with E-state index in [1.165, 1.54) is 11.8 Å². The van der Waals surface area contributed by atoms with E-state index < -0.39 is 0 Å². The number of aromatic amines is 1. The van der Waals surface area contributed by atoms with Gasteiger partial charge in [0.2, 0.25) is 17.0 Å². The van der Waals surface area contributed by atoms with E-state index in [1.54, 1.807) is 4.90 Å². The second-order valence-corrected chi connectivity index (χ2v) is 4.12. The molecule has 1 atom stereocenters. The Morgan fingerprint density at radius 2 is 2.53 bits per heavy atom. The zero-order chi connectivity index (χ0) is 10.8. The van der Waals surface area contributed by atoms with Crippen LogP contribution >= 0.6 is 11.8 Å². The number of carbonyl (C=O) groups excluding carboxylic acids is 1. The van der Waals surface area contributed by atoms with E-state index >= 15 is 0 Å². The number of rotatable bonds is 3. The van der Waals surface area contributed by atoms with Crippen molar-refractivity contribution in [1.29, 1.82) is 0 Å². The van der Waals surface area contributed by atoms with Gasteiger partial charge in [0, 0.05) is 18.9 Å². The van der Waals surface area contributed by atoms with E-state index in [0.29, 0.717) is 24.1 Å². The normalized spacial score (nSPS) is 21.0. The van der Waals surface area contributed by atoms with Gasteiger partial charge in [-0.05, 0) is 6.26 Å². The molecular formula is C9H12N4OS. The number of carbonyl (C=O) groups is 1. The average Bonchev–Trinajstić information content (AvgIpc) is 2.83. The molecule has 1 amide bonds. The van der Waals surface area contributed by atoms with Crippen LogP contribution in [-0.2, 0) is 4.79 Å². The summed E-state index contributed by atoms with van der Waals surface area (Å²) in [6.07, 6.45) is 4.22. The Morgan fingerprint density at radius 1 is 1.73 bits per heavy atom. The minimum Gasteiger partial charge on any atom is -0.280 e. The number of hydrogen-bond donors (Lipinski definition) is 1. The molecule has 1 saturated heterocycles. The van der Waals surface area contributed by atoms with Gasteiger partial charge < -0.3 is 0 Å². The zero-order valence-electron chi connectivity index (χ0n) is 8.43. The Morgan fingerprint density at radius 3 is 3.07 bits per heavy atom. The Balaban J connectivity index is 2.17. The molecule has 0 spiro atoms. The highest BCUT2D eigenvalue weighted by atomic mass is 32.2. The lowest BCUT2D eigenvalue weighted by molar-refractivity contribution is -0.117. The summed E-state index contributed by atoms with van der Waals surface area (Å²) in [5, 5.41) is 7.39. The van der Waals surface area contributed by atoms with Gasteiger partial charge in [-0.15, -0.1) is 11.7 Å². The van der Waals surface area contributed by atoms with Crippen LogP contribution in [0.1, 0.15) is 6.42 Å². The molecule has 1 aliphatic rings. The number of thioether (sulfide) groups is 1. The fourth-order valence-corrected chi connectivity index (χ4v) is 1.86. The lowest BCUT2D eigenvalue weighted by Crippen LogP contribution is -2.25. The van der Waals surface area contributed by atoms with E-state index in [2.05, 4.69) is 21.8 Å². The second-order valence-electron chi connectivity index (χ2n) is 3.35. The topological polar surface area (TPSA) is 61.9 Å². The van der Waals surface area contributed by atoms with Crippen molar-refractivity contribution in [2.45, 2.75) is 11.6 Å². The molecule has 0 aromatic carbocycles. The Kier molecular flexibility index (Phi) is 2.77. The summed E-state index contributed by atoms with van der Waals surface area (Å²) in [7, 11) is 0. The van der Waals surface area contributed by atoms with Gasteiger partial charge in [-0.1, -0.05) is 17.8 Å². The molecule has 1 aromatic heterocycles. The molecule has 1 aliphatic heterocycles. The van der Waals surface area contributed by atoms with Gasteiger partial charge in [-0.25, -0.2) is 5.10 Å². The predicted octanol–water partition coefficient (Wildman–Crippen LogP) is 1.07. The average molecular weight is 224 g/mol. The van der Waals surface area contributed by atoms with Crippen molar-refractivity contribution in [2.24, 2.45) is 5.92 Å². The van der Waals surface area contributed by atoms with E-state index in [4.69, 9.17) is 0 Å². The quantitative estimate of drug-likeness (QED) is 0.616. The third kappa shape index (κ3) is 1.90. The molecule has 80 valence electrons. The molecule has 5 nitrogen and oxygen atoms in total. The zero-order valence-corrected chi connectivity index (χ0v) is 9.25. The van der Waals surface area contributed by atoms with Crippen molar-refractivity contribution in [1.82, 2.24) is 15.2 Å². The van der Waals surface area contributed by atoms with Gasteiger partial charge in [0.1, 0.15) is 0 Å². The first-order valence-electron chi connectivity index (χ1n) is 4.64. The van der Waals surface area contributed by atoms with E-state index in [0.717, 1.165) is 0 Å². The van der Waals surface area contributed by atoms with Crippen LogP contribution < -0.4 is 4.90 Å². The standard InChI is InChI=1S/C9H12N4OS/c1-3-6-4-7(14)13(5-6)8-10-9(15-2)12-11-8/h3,6H,1,4-5H2,2H3,(H,10,11,12). The van der Waals surface area contributed by atoms with Gasteiger partial charge >= 0.3 is 0 Å². The number of hydrogen-bond acceptors (Lipinski definition) is 4. The number of H-pyrrole nitrogens is 1. The molecule has 15 heavy (non-hydrogen) atoms. The molecule has 1 aromatic rings. The maximum absolute atomic E-state index is 11.6. The maximum atomic E-state index is 11.6. The smallest absolute Gasteiger partial charge is 0.230 e. The highest BCUT2D eigenvalue weighted by Gasteiger charge is 2.30. The van der Waals surface area contributed by atoms with Crippen LogP contribution in [0.3, 0.4) is 0 Å². The van der Waals surface area contributed by atoms with Crippen molar-refractivity contribution in [3.8, 4) is 0 Å². The molecule has 0 saturated carbocycles. The van der Waals surface area contributed by atoms with Crippen molar-refractivity contribution in [3.05, 3.63) is 12.7 Å². The van der Waals surface area contributed by atoms with Gasteiger partial charge in [-0.2, -0.15) is 4.98 Å². The van der Waals surface area contributed by atoms with Crippen molar-refractivity contribution < 1.29 is 4.79 Å². The molecule has 0 bridgehead atoms. The largest absolute Gasteiger partial charge is 0.280 e. The highest BCUT2D eigenvalue weighted by Crippen LogP contribution is 2.23. The Labute approximate surface area is 92.0 Å². The van der Waals surface area contributed by atoms with Crippen LogP contribution in [0.4, 0.5) is 5.95 Å². The number of aromatic nitrogens is 3. The molecule has 0 aliphatic carbocycles. The second kappa shape index (κ2) is 4.06. The minimum absolute atomic E-state index is 0.0729. The molecule has 6 heteroatoms. The summed E-state index contributed by atoms with van der Waals surface area (Å²) in [5.74, 6) is 0.831. The number of anilines is 1. The molecule has 1 unspecified atom stereocenters. The van der Waals surface area contributed by atoms with Crippen molar-refractivity contribution >= 4 is 23.6 Å². The number of nitrogens with one attached hydrogen (secondary N) is 1. The van der Waals surface area contributed by atoms with Gasteiger partial charge in [0.25, 0.3) is 0 Å². The Bertz CT molecular complexity index is 389. The summed E-state index contributed by atoms with van der Waals surface area (Å²) in [5.41, 5.74) is 0. The minimum atomic E-state index is 0.0729. The molecule has 1 N–H and O–H groups in total. The first-order valence-corrected chi connectivity index (χ1v) is 5.86. The molecule has 0 radical (unpaired) electrons. The van der Waals surface area contributed by atoms with Crippen LogP contribution in [-0.4, -0.2) is 33.9 Å². The van der Waals surface area contributed by atoms with Crippen LogP contribution in [0.2, 0.25) is 0 Å². The summed E-state index contributed by atoms with van der Waals surface area (Å²) >= 11 is 1.44. The van der Waals surface area contributed by atoms with Crippen LogP contribution in [0.15, 0.2) is 17.8 Å². The van der Waals surface area contributed by atoms with E-state index in [9.17, 15) is 4.79 Å². The monoisotopic (exact) mass is 224 g/mol. The number of amides is 1. The summed E-state index contributed by atoms with van der Waals surface area (Å²) in [6, 6.07) is 0. The lowest BCUT2D eigenvalue weighted by atomic mass is 10.1. The highest BCUT2D eigenvalue weighted by molar-refractivity contribution is 7.98. The first kappa shape index (κ1) is 10.2. The third-order valence-electron chi connectivity index (χ3n) is 2.38. The molecule has 1 fully saturated rings. The fraction of sp³-hybridized carbons (Fsp3) is 0.444. The summed E-state index contributed by atoms with van der Waals surface area (Å²) in [4.78, 5) is 17.4. The van der Waals surface area contributed by atoms with Crippen LogP contribution in [0.25, 0.3) is 0 Å². The van der Waals surface area contributed by atoms with Crippen LogP contribution in [0.5, 0.6) is 0 Å². The first-order chi connectivity index (χ1) is 7.24. The van der Waals surface area contributed by atoms with Gasteiger partial charge in [0.05, 0.1) is 0 Å². The van der Waals surface area contributed by atoms with E-state index in [-0.39, 0.29) is 11.8 Å². The van der Waals surface area contributed by atoms with Gasteiger partial charge in [0.15, 0.2) is 0 Å². The fourth-order valence-electron chi connectivity index (χ4n) is 1.55. The molecule has 2 rings (SSSR count). The third-order valence-corrected chi connectivity index (χ3v) is 2.93. The SMILES string of the molecule is C=CC1CC(=O)N(c2nc(SC)n[nH]2)C1. The van der Waals surface area contributed by atoms with E-state index in [1.807, 2.05) is 12.3 Å². The molecular weight excluding hydrogens is 212 g/mol. The maximum Gasteiger partial charge on any atom is 0.230 e. The summed E-state index contributed by atoms with van der Waals surface area (Å²) < 4.78 is 0. The van der Waals surface area contributed by atoms with Crippen molar-refractivity contribution in [2.75, 3.05) is 17.7 Å². The molecule has 2 heterocycles. The predicted molar refractivity (Wildman–Crippen MR) is 58.8 cm³/mol. The number of nitrogens with zero attached hydrogens (tertiary/aromatic N) is 3. The van der Waals surface area contributed by atoms with Gasteiger partial charge in [-0.3, -0.25) is 9.69 Å². The summed E-state index contributed by atoms with van der Waals surface area (Å²) in [6.45, 7) is 4.34. The lowest BCUT2D eigenvalue weighted by Gasteiger charge is -2.10.